The monoisotopic (exact) mass is 206 g/mol. The van der Waals surface area contributed by atoms with E-state index in [9.17, 15) is 4.79 Å². The van der Waals surface area contributed by atoms with Crippen LogP contribution in [0, 0.1) is 0 Å². The van der Waals surface area contributed by atoms with Gasteiger partial charge in [0.1, 0.15) is 5.76 Å². The average molecular weight is 206 g/mol. The summed E-state index contributed by atoms with van der Waals surface area (Å²) in [4.78, 5) is 11.1. The summed E-state index contributed by atoms with van der Waals surface area (Å²) in [6.07, 6.45) is 6.49. The van der Waals surface area contributed by atoms with Crippen molar-refractivity contribution >= 4 is 5.97 Å². The number of carbonyl (C=O) groups is 1. The second-order valence-electron chi connectivity index (χ2n) is 4.53. The molecule has 1 aromatic heterocycles. The third-order valence-corrected chi connectivity index (χ3v) is 3.39. The molecule has 2 aliphatic carbocycles. The normalized spacial score (nSPS) is 20.0. The maximum absolute atomic E-state index is 11.1. The molecule has 3 nitrogen and oxygen atoms in total. The fraction of sp³-hybridized carbons (Fsp3) is 0.583. The molecule has 0 atom stereocenters. The van der Waals surface area contributed by atoms with E-state index >= 15 is 0 Å². The number of carboxylic acid groups (broad SMARTS) is 1. The van der Waals surface area contributed by atoms with Gasteiger partial charge in [-0.2, -0.15) is 0 Å². The first-order chi connectivity index (χ1) is 7.27. The van der Waals surface area contributed by atoms with Crippen molar-refractivity contribution in [2.45, 2.75) is 44.4 Å². The maximum atomic E-state index is 11.1. The Hall–Kier alpha value is -1.25. The lowest BCUT2D eigenvalue weighted by atomic mass is 9.93. The fourth-order valence-electron chi connectivity index (χ4n) is 2.55. The van der Waals surface area contributed by atoms with Crippen molar-refractivity contribution in [2.75, 3.05) is 0 Å². The molecule has 0 aromatic carbocycles. The molecule has 15 heavy (non-hydrogen) atoms. The van der Waals surface area contributed by atoms with Crippen molar-refractivity contribution in [1.29, 1.82) is 0 Å². The Bertz CT molecular complexity index is 413. The van der Waals surface area contributed by atoms with Crippen LogP contribution in [0.25, 0.3) is 0 Å². The smallest absolute Gasteiger partial charge is 0.372 e. The predicted molar refractivity (Wildman–Crippen MR) is 54.3 cm³/mol. The average Bonchev–Trinajstić information content (AvgIpc) is 2.98. The lowest BCUT2D eigenvalue weighted by Crippen LogP contribution is -2.02. The van der Waals surface area contributed by atoms with Gasteiger partial charge in [0.2, 0.25) is 5.76 Å². The molecular weight excluding hydrogens is 192 g/mol. The molecule has 2 aliphatic rings. The highest BCUT2D eigenvalue weighted by atomic mass is 16.4. The highest BCUT2D eigenvalue weighted by Crippen LogP contribution is 2.46. The van der Waals surface area contributed by atoms with E-state index < -0.39 is 5.97 Å². The zero-order valence-corrected chi connectivity index (χ0v) is 8.58. The SMILES string of the molecule is O=C(O)c1oc2c(c1C1CC1)CCCC2. The minimum Gasteiger partial charge on any atom is -0.475 e. The largest absolute Gasteiger partial charge is 0.475 e. The van der Waals surface area contributed by atoms with Gasteiger partial charge in [-0.15, -0.1) is 0 Å². The third kappa shape index (κ3) is 1.37. The van der Waals surface area contributed by atoms with Crippen LogP contribution in [0.1, 0.15) is 59.0 Å². The molecule has 3 rings (SSSR count). The number of rotatable bonds is 2. The van der Waals surface area contributed by atoms with Crippen LogP contribution in [0.15, 0.2) is 4.42 Å². The summed E-state index contributed by atoms with van der Waals surface area (Å²) in [7, 11) is 0. The second kappa shape index (κ2) is 3.12. The van der Waals surface area contributed by atoms with Crippen LogP contribution in [-0.2, 0) is 12.8 Å². The lowest BCUT2D eigenvalue weighted by Gasteiger charge is -2.10. The quantitative estimate of drug-likeness (QED) is 0.809. The van der Waals surface area contributed by atoms with Crippen molar-refractivity contribution in [3.63, 3.8) is 0 Å². The Morgan fingerprint density at radius 3 is 2.67 bits per heavy atom. The predicted octanol–water partition coefficient (Wildman–Crippen LogP) is 2.73. The number of aromatic carboxylic acids is 1. The van der Waals surface area contributed by atoms with Gasteiger partial charge in [-0.3, -0.25) is 0 Å². The minimum atomic E-state index is -0.897. The molecule has 80 valence electrons. The Kier molecular flexibility index (Phi) is 1.87. The van der Waals surface area contributed by atoms with Gasteiger partial charge in [0, 0.05) is 12.0 Å². The first-order valence-electron chi connectivity index (χ1n) is 5.65. The van der Waals surface area contributed by atoms with Gasteiger partial charge in [-0.05, 0) is 43.6 Å². The Labute approximate surface area is 88.1 Å². The van der Waals surface area contributed by atoms with Gasteiger partial charge in [-0.25, -0.2) is 4.79 Å². The van der Waals surface area contributed by atoms with E-state index in [1.807, 2.05) is 0 Å². The first kappa shape index (κ1) is 9.01. The summed E-state index contributed by atoms with van der Waals surface area (Å²) in [5, 5.41) is 9.10. The van der Waals surface area contributed by atoms with Crippen LogP contribution >= 0.6 is 0 Å². The molecule has 0 saturated heterocycles. The van der Waals surface area contributed by atoms with Crippen molar-refractivity contribution in [3.8, 4) is 0 Å². The maximum Gasteiger partial charge on any atom is 0.372 e. The van der Waals surface area contributed by atoms with Crippen molar-refractivity contribution in [3.05, 3.63) is 22.6 Å². The molecule has 1 saturated carbocycles. The summed E-state index contributed by atoms with van der Waals surface area (Å²) >= 11 is 0. The minimum absolute atomic E-state index is 0.226. The molecule has 0 unspecified atom stereocenters. The standard InChI is InChI=1S/C12H14O3/c13-12(14)11-10(7-5-6-7)8-3-1-2-4-9(8)15-11/h7H,1-6H2,(H,13,14). The summed E-state index contributed by atoms with van der Waals surface area (Å²) in [5.74, 6) is 0.748. The van der Waals surface area contributed by atoms with Gasteiger partial charge in [0.15, 0.2) is 0 Å². The van der Waals surface area contributed by atoms with Gasteiger partial charge in [-0.1, -0.05) is 0 Å². The Morgan fingerprint density at radius 2 is 2.00 bits per heavy atom. The summed E-state index contributed by atoms with van der Waals surface area (Å²) in [6, 6.07) is 0. The fourth-order valence-corrected chi connectivity index (χ4v) is 2.55. The molecule has 0 aliphatic heterocycles. The van der Waals surface area contributed by atoms with Crippen molar-refractivity contribution in [1.82, 2.24) is 0 Å². The zero-order chi connectivity index (χ0) is 10.4. The molecule has 0 radical (unpaired) electrons. The van der Waals surface area contributed by atoms with Crippen LogP contribution in [0.2, 0.25) is 0 Å². The topological polar surface area (TPSA) is 50.4 Å². The van der Waals surface area contributed by atoms with Gasteiger partial charge >= 0.3 is 5.97 Å². The number of furan rings is 1. The van der Waals surface area contributed by atoms with Crippen molar-refractivity contribution < 1.29 is 14.3 Å². The lowest BCUT2D eigenvalue weighted by molar-refractivity contribution is 0.0658. The molecule has 0 amide bonds. The van der Waals surface area contributed by atoms with Gasteiger partial charge in [0.25, 0.3) is 0 Å². The Morgan fingerprint density at radius 1 is 1.27 bits per heavy atom. The van der Waals surface area contributed by atoms with E-state index in [1.165, 1.54) is 12.0 Å². The zero-order valence-electron chi connectivity index (χ0n) is 8.58. The number of hydrogen-bond donors (Lipinski definition) is 1. The van der Waals surface area contributed by atoms with E-state index in [4.69, 9.17) is 9.52 Å². The molecule has 1 aromatic rings. The van der Waals surface area contributed by atoms with Crippen LogP contribution < -0.4 is 0 Å². The number of carboxylic acids is 1. The first-order valence-corrected chi connectivity index (χ1v) is 5.65. The Balaban J connectivity index is 2.13. The van der Waals surface area contributed by atoms with E-state index in [2.05, 4.69) is 0 Å². The van der Waals surface area contributed by atoms with Gasteiger partial charge < -0.3 is 9.52 Å². The second-order valence-corrected chi connectivity index (χ2v) is 4.53. The summed E-state index contributed by atoms with van der Waals surface area (Å²) in [6.45, 7) is 0. The highest BCUT2D eigenvalue weighted by molar-refractivity contribution is 5.87. The number of hydrogen-bond acceptors (Lipinski definition) is 2. The van der Waals surface area contributed by atoms with Crippen LogP contribution in [-0.4, -0.2) is 11.1 Å². The van der Waals surface area contributed by atoms with E-state index in [1.54, 1.807) is 0 Å². The number of aryl methyl sites for hydroxylation is 1. The van der Waals surface area contributed by atoms with Crippen LogP contribution in [0.5, 0.6) is 0 Å². The summed E-state index contributed by atoms with van der Waals surface area (Å²) < 4.78 is 5.50. The van der Waals surface area contributed by atoms with Crippen molar-refractivity contribution in [2.24, 2.45) is 0 Å². The molecule has 0 spiro atoms. The third-order valence-electron chi connectivity index (χ3n) is 3.39. The van der Waals surface area contributed by atoms with Gasteiger partial charge in [0.05, 0.1) is 0 Å². The molecule has 0 bridgehead atoms. The number of fused-ring (bicyclic) bond motifs is 1. The van der Waals surface area contributed by atoms with E-state index in [-0.39, 0.29) is 5.76 Å². The van der Waals surface area contributed by atoms with Crippen LogP contribution in [0.3, 0.4) is 0 Å². The molecular formula is C12H14O3. The van der Waals surface area contributed by atoms with E-state index in [0.29, 0.717) is 5.92 Å². The summed E-state index contributed by atoms with van der Waals surface area (Å²) in [5.41, 5.74) is 2.25. The molecule has 1 N–H and O–H groups in total. The molecule has 3 heteroatoms. The molecule has 1 fully saturated rings. The molecule has 1 heterocycles. The highest BCUT2D eigenvalue weighted by Gasteiger charge is 2.36. The van der Waals surface area contributed by atoms with Crippen LogP contribution in [0.4, 0.5) is 0 Å². The van der Waals surface area contributed by atoms with E-state index in [0.717, 1.165) is 43.4 Å².